The monoisotopic (exact) mass is 190 g/mol. The maximum atomic E-state index is 11.3. The molecule has 0 bridgehead atoms. The zero-order chi connectivity index (χ0) is 9.97. The number of pyridine rings is 1. The van der Waals surface area contributed by atoms with Gasteiger partial charge in [0, 0.05) is 18.9 Å². The van der Waals surface area contributed by atoms with Crippen LogP contribution in [0.3, 0.4) is 0 Å². The van der Waals surface area contributed by atoms with Crippen LogP contribution in [0.2, 0.25) is 0 Å². The molecule has 4 heteroatoms. The van der Waals surface area contributed by atoms with Crippen LogP contribution in [0.1, 0.15) is 12.0 Å². The summed E-state index contributed by atoms with van der Waals surface area (Å²) in [5.74, 6) is -0.0733. The molecular formula is C10H10N2O2. The lowest BCUT2D eigenvalue weighted by molar-refractivity contribution is -0.128. The highest BCUT2D eigenvalue weighted by Crippen LogP contribution is 2.10. The van der Waals surface area contributed by atoms with Gasteiger partial charge in [0.15, 0.2) is 5.78 Å². The van der Waals surface area contributed by atoms with Crippen molar-refractivity contribution in [1.29, 1.82) is 0 Å². The van der Waals surface area contributed by atoms with E-state index in [-0.39, 0.29) is 24.7 Å². The Morgan fingerprint density at radius 3 is 2.57 bits per heavy atom. The molecule has 72 valence electrons. The van der Waals surface area contributed by atoms with Crippen molar-refractivity contribution < 1.29 is 9.59 Å². The van der Waals surface area contributed by atoms with Crippen LogP contribution in [0.5, 0.6) is 0 Å². The number of ketones is 1. The van der Waals surface area contributed by atoms with E-state index in [1.807, 2.05) is 12.1 Å². The minimum absolute atomic E-state index is 0.00376. The Hall–Kier alpha value is -1.71. The second-order valence-corrected chi connectivity index (χ2v) is 3.32. The molecule has 1 aliphatic rings. The molecule has 1 aliphatic heterocycles. The van der Waals surface area contributed by atoms with Crippen molar-refractivity contribution >= 4 is 11.7 Å². The van der Waals surface area contributed by atoms with E-state index in [9.17, 15) is 9.59 Å². The number of carbonyl (C=O) groups is 2. The van der Waals surface area contributed by atoms with E-state index >= 15 is 0 Å². The van der Waals surface area contributed by atoms with Crippen molar-refractivity contribution in [3.8, 4) is 0 Å². The van der Waals surface area contributed by atoms with E-state index in [0.29, 0.717) is 6.54 Å². The number of carbonyl (C=O) groups excluding carboxylic acids is 2. The van der Waals surface area contributed by atoms with Gasteiger partial charge in [-0.1, -0.05) is 0 Å². The lowest BCUT2D eigenvalue weighted by Gasteiger charge is -2.13. The minimum Gasteiger partial charge on any atom is -0.331 e. The Morgan fingerprint density at radius 1 is 1.29 bits per heavy atom. The van der Waals surface area contributed by atoms with Crippen molar-refractivity contribution in [1.82, 2.24) is 9.88 Å². The second-order valence-electron chi connectivity index (χ2n) is 3.32. The quantitative estimate of drug-likeness (QED) is 0.633. The van der Waals surface area contributed by atoms with Gasteiger partial charge < -0.3 is 4.90 Å². The molecule has 14 heavy (non-hydrogen) atoms. The number of amides is 1. The van der Waals surface area contributed by atoms with Crippen molar-refractivity contribution in [2.75, 3.05) is 6.54 Å². The van der Waals surface area contributed by atoms with Crippen molar-refractivity contribution in [3.05, 3.63) is 30.1 Å². The SMILES string of the molecule is O=C1CC(=O)N(Cc2ccncc2)C1. The average Bonchev–Trinajstić information content (AvgIpc) is 2.47. The van der Waals surface area contributed by atoms with E-state index in [1.165, 1.54) is 0 Å². The molecule has 1 fully saturated rings. The highest BCUT2D eigenvalue weighted by molar-refractivity contribution is 6.05. The molecule has 0 radical (unpaired) electrons. The molecular weight excluding hydrogens is 180 g/mol. The molecule has 1 saturated heterocycles. The van der Waals surface area contributed by atoms with Crippen LogP contribution in [0, 0.1) is 0 Å². The van der Waals surface area contributed by atoms with E-state index in [2.05, 4.69) is 4.98 Å². The number of hydrogen-bond donors (Lipinski definition) is 0. The van der Waals surface area contributed by atoms with E-state index < -0.39 is 0 Å². The molecule has 0 spiro atoms. The van der Waals surface area contributed by atoms with Gasteiger partial charge in [-0.3, -0.25) is 14.6 Å². The highest BCUT2D eigenvalue weighted by atomic mass is 16.2. The molecule has 0 aliphatic carbocycles. The summed E-state index contributed by atoms with van der Waals surface area (Å²) in [6.07, 6.45) is 3.42. The third kappa shape index (κ3) is 1.79. The van der Waals surface area contributed by atoms with Crippen LogP contribution in [0.4, 0.5) is 0 Å². The van der Waals surface area contributed by atoms with Gasteiger partial charge in [-0.15, -0.1) is 0 Å². The fourth-order valence-electron chi connectivity index (χ4n) is 1.49. The van der Waals surface area contributed by atoms with Crippen LogP contribution in [0.15, 0.2) is 24.5 Å². The number of rotatable bonds is 2. The molecule has 0 unspecified atom stereocenters. The van der Waals surface area contributed by atoms with Crippen molar-refractivity contribution in [3.63, 3.8) is 0 Å². The normalized spacial score (nSPS) is 16.4. The van der Waals surface area contributed by atoms with Gasteiger partial charge in [0.2, 0.25) is 5.91 Å². The number of aromatic nitrogens is 1. The Labute approximate surface area is 81.6 Å². The Bertz CT molecular complexity index is 362. The lowest BCUT2D eigenvalue weighted by atomic mass is 10.2. The first-order valence-corrected chi connectivity index (χ1v) is 4.44. The summed E-state index contributed by atoms with van der Waals surface area (Å²) in [5, 5.41) is 0. The predicted molar refractivity (Wildman–Crippen MR) is 49.3 cm³/mol. The first kappa shape index (κ1) is 8.87. The molecule has 1 amide bonds. The van der Waals surface area contributed by atoms with Gasteiger partial charge in [0.25, 0.3) is 0 Å². The zero-order valence-corrected chi connectivity index (χ0v) is 7.64. The maximum absolute atomic E-state index is 11.3. The molecule has 0 N–H and O–H groups in total. The van der Waals surface area contributed by atoms with E-state index in [0.717, 1.165) is 5.56 Å². The van der Waals surface area contributed by atoms with E-state index in [1.54, 1.807) is 17.3 Å². The Morgan fingerprint density at radius 2 is 2.00 bits per heavy atom. The number of likely N-dealkylation sites (tertiary alicyclic amines) is 1. The van der Waals surface area contributed by atoms with Gasteiger partial charge in [-0.05, 0) is 17.7 Å². The first-order chi connectivity index (χ1) is 6.75. The highest BCUT2D eigenvalue weighted by Gasteiger charge is 2.26. The van der Waals surface area contributed by atoms with Gasteiger partial charge in [0.1, 0.15) is 0 Å². The predicted octanol–water partition coefficient (Wildman–Crippen LogP) is 0.383. The van der Waals surface area contributed by atoms with Gasteiger partial charge in [-0.2, -0.15) is 0 Å². The summed E-state index contributed by atoms with van der Waals surface area (Å²) in [6.45, 7) is 0.758. The van der Waals surface area contributed by atoms with Crippen molar-refractivity contribution in [2.45, 2.75) is 13.0 Å². The number of hydrogen-bond acceptors (Lipinski definition) is 3. The molecule has 2 heterocycles. The minimum atomic E-state index is -0.0770. The summed E-state index contributed by atoms with van der Waals surface area (Å²) < 4.78 is 0. The third-order valence-corrected chi connectivity index (χ3v) is 2.19. The van der Waals surface area contributed by atoms with Crippen LogP contribution >= 0.6 is 0 Å². The molecule has 0 saturated carbocycles. The van der Waals surface area contributed by atoms with Crippen LogP contribution < -0.4 is 0 Å². The molecule has 1 aromatic heterocycles. The fourth-order valence-corrected chi connectivity index (χ4v) is 1.49. The molecule has 0 atom stereocenters. The van der Waals surface area contributed by atoms with Crippen LogP contribution in [-0.2, 0) is 16.1 Å². The summed E-state index contributed by atoms with van der Waals surface area (Å²) in [4.78, 5) is 27.7. The molecule has 0 aromatic carbocycles. The molecule has 2 rings (SSSR count). The molecule has 1 aromatic rings. The standard InChI is InChI=1S/C10H10N2O2/c13-9-5-10(14)12(7-9)6-8-1-3-11-4-2-8/h1-4H,5-7H2. The van der Waals surface area contributed by atoms with Crippen LogP contribution in [-0.4, -0.2) is 28.1 Å². The lowest BCUT2D eigenvalue weighted by Crippen LogP contribution is -2.24. The van der Waals surface area contributed by atoms with E-state index in [4.69, 9.17) is 0 Å². The summed E-state index contributed by atoms with van der Waals surface area (Å²) in [5.41, 5.74) is 1.00. The largest absolute Gasteiger partial charge is 0.331 e. The smallest absolute Gasteiger partial charge is 0.230 e. The second kappa shape index (κ2) is 3.57. The van der Waals surface area contributed by atoms with Gasteiger partial charge in [0.05, 0.1) is 13.0 Å². The molecule has 4 nitrogen and oxygen atoms in total. The maximum Gasteiger partial charge on any atom is 0.230 e. The van der Waals surface area contributed by atoms with Gasteiger partial charge >= 0.3 is 0 Å². The average molecular weight is 190 g/mol. The third-order valence-electron chi connectivity index (χ3n) is 2.19. The van der Waals surface area contributed by atoms with Crippen LogP contribution in [0.25, 0.3) is 0 Å². The Balaban J connectivity index is 2.05. The zero-order valence-electron chi connectivity index (χ0n) is 7.64. The summed E-state index contributed by atoms with van der Waals surface area (Å²) in [7, 11) is 0. The summed E-state index contributed by atoms with van der Waals surface area (Å²) >= 11 is 0. The number of nitrogens with zero attached hydrogens (tertiary/aromatic N) is 2. The fraction of sp³-hybridized carbons (Fsp3) is 0.300. The summed E-state index contributed by atoms with van der Waals surface area (Å²) in [6, 6.07) is 3.69. The van der Waals surface area contributed by atoms with Gasteiger partial charge in [-0.25, -0.2) is 0 Å². The first-order valence-electron chi connectivity index (χ1n) is 4.44. The Kier molecular flexibility index (Phi) is 2.26. The number of Topliss-reactive ketones (excluding diaryl/α,β-unsaturated/α-hetero) is 1. The van der Waals surface area contributed by atoms with Crippen molar-refractivity contribution in [2.24, 2.45) is 0 Å². The topological polar surface area (TPSA) is 50.3 Å².